The Hall–Kier alpha value is -2.64. The highest BCUT2D eigenvalue weighted by Crippen LogP contribution is 2.30. The molecule has 0 saturated carbocycles. The van der Waals surface area contributed by atoms with Gasteiger partial charge in [0, 0.05) is 11.8 Å². The second-order valence-electron chi connectivity index (χ2n) is 5.00. The van der Waals surface area contributed by atoms with Crippen LogP contribution in [0.3, 0.4) is 0 Å². The fourth-order valence-electron chi connectivity index (χ4n) is 1.93. The van der Waals surface area contributed by atoms with Crippen LogP contribution in [0.5, 0.6) is 0 Å². The first-order valence-electron chi connectivity index (χ1n) is 6.73. The third-order valence-corrected chi connectivity index (χ3v) is 3.16. The number of nitrogens with one attached hydrogen (secondary N) is 1. The lowest BCUT2D eigenvalue weighted by Crippen LogP contribution is -2.33. The van der Waals surface area contributed by atoms with Gasteiger partial charge in [-0.05, 0) is 38.1 Å². The molecule has 1 N–H and O–H groups in total. The van der Waals surface area contributed by atoms with Crippen LogP contribution >= 0.6 is 0 Å². The molecule has 0 radical (unpaired) electrons. The zero-order valence-corrected chi connectivity index (χ0v) is 12.4. The Morgan fingerprint density at radius 1 is 1.26 bits per heavy atom. The van der Waals surface area contributed by atoms with Gasteiger partial charge in [0.15, 0.2) is 0 Å². The third-order valence-electron chi connectivity index (χ3n) is 3.16. The number of hydrogen-bond donors (Lipinski definition) is 1. The van der Waals surface area contributed by atoms with Crippen LogP contribution in [0.25, 0.3) is 0 Å². The van der Waals surface area contributed by atoms with E-state index in [1.54, 1.807) is 6.92 Å². The SMILES string of the molecule is Cc1ccc(=O)n(C(C)C(=O)Nc2cccc(C(F)(F)F)c2)n1. The molecule has 0 aliphatic heterocycles. The maximum Gasteiger partial charge on any atom is 0.416 e. The van der Waals surface area contributed by atoms with E-state index in [2.05, 4.69) is 10.4 Å². The van der Waals surface area contributed by atoms with Crippen molar-refractivity contribution in [1.29, 1.82) is 0 Å². The van der Waals surface area contributed by atoms with Gasteiger partial charge >= 0.3 is 6.18 Å². The third kappa shape index (κ3) is 3.97. The summed E-state index contributed by atoms with van der Waals surface area (Å²) >= 11 is 0. The van der Waals surface area contributed by atoms with E-state index < -0.39 is 29.2 Å². The number of carbonyl (C=O) groups is 1. The lowest BCUT2D eigenvalue weighted by Gasteiger charge is -2.15. The van der Waals surface area contributed by atoms with E-state index in [-0.39, 0.29) is 5.69 Å². The van der Waals surface area contributed by atoms with Gasteiger partial charge in [-0.3, -0.25) is 9.59 Å². The van der Waals surface area contributed by atoms with Crippen LogP contribution < -0.4 is 10.9 Å². The second-order valence-corrected chi connectivity index (χ2v) is 5.00. The van der Waals surface area contributed by atoms with Crippen molar-refractivity contribution in [2.24, 2.45) is 0 Å². The van der Waals surface area contributed by atoms with Crippen LogP contribution in [0.15, 0.2) is 41.2 Å². The minimum atomic E-state index is -4.50. The largest absolute Gasteiger partial charge is 0.416 e. The number of rotatable bonds is 3. The highest BCUT2D eigenvalue weighted by atomic mass is 19.4. The van der Waals surface area contributed by atoms with Gasteiger partial charge in [0.05, 0.1) is 11.3 Å². The highest BCUT2D eigenvalue weighted by Gasteiger charge is 2.30. The maximum atomic E-state index is 12.7. The van der Waals surface area contributed by atoms with Crippen molar-refractivity contribution in [3.05, 3.63) is 58.0 Å². The molecule has 1 heterocycles. The average Bonchev–Trinajstić information content (AvgIpc) is 2.48. The van der Waals surface area contributed by atoms with Crippen molar-refractivity contribution in [1.82, 2.24) is 9.78 Å². The Bertz CT molecular complexity index is 784. The molecule has 5 nitrogen and oxygen atoms in total. The van der Waals surface area contributed by atoms with E-state index >= 15 is 0 Å². The fraction of sp³-hybridized carbons (Fsp3) is 0.267. The van der Waals surface area contributed by atoms with Crippen molar-refractivity contribution >= 4 is 11.6 Å². The van der Waals surface area contributed by atoms with Crippen LogP contribution in [0.1, 0.15) is 24.2 Å². The van der Waals surface area contributed by atoms with Gasteiger partial charge in [-0.25, -0.2) is 4.68 Å². The molecule has 122 valence electrons. The monoisotopic (exact) mass is 325 g/mol. The van der Waals surface area contributed by atoms with Gasteiger partial charge in [0.1, 0.15) is 6.04 Å². The molecular formula is C15H14F3N3O2. The number of hydrogen-bond acceptors (Lipinski definition) is 3. The molecule has 1 amide bonds. The van der Waals surface area contributed by atoms with Crippen molar-refractivity contribution in [2.45, 2.75) is 26.1 Å². The Labute approximate surface area is 129 Å². The molecule has 0 aliphatic rings. The Morgan fingerprint density at radius 3 is 2.61 bits per heavy atom. The first-order chi connectivity index (χ1) is 10.7. The molecule has 1 aromatic heterocycles. The van der Waals surface area contributed by atoms with E-state index in [0.29, 0.717) is 5.69 Å². The highest BCUT2D eigenvalue weighted by molar-refractivity contribution is 5.93. The summed E-state index contributed by atoms with van der Waals surface area (Å²) in [7, 11) is 0. The normalized spacial score (nSPS) is 12.7. The molecule has 23 heavy (non-hydrogen) atoms. The molecule has 0 saturated heterocycles. The first-order valence-corrected chi connectivity index (χ1v) is 6.73. The second kappa shape index (κ2) is 6.23. The number of aryl methyl sites for hydroxylation is 1. The number of alkyl halides is 3. The zero-order valence-electron chi connectivity index (χ0n) is 12.4. The van der Waals surface area contributed by atoms with Gasteiger partial charge in [0.2, 0.25) is 5.91 Å². The standard InChI is InChI=1S/C15H14F3N3O2/c1-9-6-7-13(22)21(20-9)10(2)14(23)19-12-5-3-4-11(8-12)15(16,17)18/h3-8,10H,1-2H3,(H,19,23). The van der Waals surface area contributed by atoms with E-state index in [1.807, 2.05) is 0 Å². The Morgan fingerprint density at radius 2 is 1.96 bits per heavy atom. The minimum Gasteiger partial charge on any atom is -0.324 e. The van der Waals surface area contributed by atoms with Gasteiger partial charge in [0.25, 0.3) is 5.56 Å². The van der Waals surface area contributed by atoms with Crippen molar-refractivity contribution in [3.63, 3.8) is 0 Å². The number of benzene rings is 1. The van der Waals surface area contributed by atoms with Gasteiger partial charge in [-0.15, -0.1) is 0 Å². The van der Waals surface area contributed by atoms with Crippen LogP contribution in [0, 0.1) is 6.92 Å². The molecule has 1 unspecified atom stereocenters. The summed E-state index contributed by atoms with van der Waals surface area (Å²) in [6.45, 7) is 3.10. The summed E-state index contributed by atoms with van der Waals surface area (Å²) in [4.78, 5) is 23.9. The zero-order chi connectivity index (χ0) is 17.2. The molecule has 0 spiro atoms. The molecule has 1 atom stereocenters. The van der Waals surface area contributed by atoms with E-state index in [0.717, 1.165) is 16.8 Å². The molecule has 0 fully saturated rings. The average molecular weight is 325 g/mol. The number of anilines is 1. The lowest BCUT2D eigenvalue weighted by molar-refractivity contribution is -0.137. The van der Waals surface area contributed by atoms with E-state index in [9.17, 15) is 22.8 Å². The molecule has 0 aliphatic carbocycles. The lowest BCUT2D eigenvalue weighted by atomic mass is 10.2. The molecule has 0 bridgehead atoms. The van der Waals surface area contributed by atoms with Crippen molar-refractivity contribution < 1.29 is 18.0 Å². The topological polar surface area (TPSA) is 64.0 Å². The number of halogens is 3. The Kier molecular flexibility index (Phi) is 4.53. The summed E-state index contributed by atoms with van der Waals surface area (Å²) in [6, 6.07) is 6.10. The quantitative estimate of drug-likeness (QED) is 0.944. The number of aromatic nitrogens is 2. The van der Waals surface area contributed by atoms with Crippen molar-refractivity contribution in [2.75, 3.05) is 5.32 Å². The van der Waals surface area contributed by atoms with Crippen LogP contribution in [0.4, 0.5) is 18.9 Å². The van der Waals surface area contributed by atoms with Crippen LogP contribution in [-0.2, 0) is 11.0 Å². The molecule has 8 heteroatoms. The number of carbonyl (C=O) groups excluding carboxylic acids is 1. The van der Waals surface area contributed by atoms with Crippen LogP contribution in [0.2, 0.25) is 0 Å². The summed E-state index contributed by atoms with van der Waals surface area (Å²) in [5, 5.41) is 6.32. The summed E-state index contributed by atoms with van der Waals surface area (Å²) in [5.41, 5.74) is -0.795. The van der Waals surface area contributed by atoms with Gasteiger partial charge < -0.3 is 5.32 Å². The summed E-state index contributed by atoms with van der Waals surface area (Å²) in [5.74, 6) is -0.635. The van der Waals surface area contributed by atoms with E-state index in [1.165, 1.54) is 31.2 Å². The van der Waals surface area contributed by atoms with Crippen molar-refractivity contribution in [3.8, 4) is 0 Å². The first kappa shape index (κ1) is 16.7. The minimum absolute atomic E-state index is 0.00243. The predicted octanol–water partition coefficient (Wildman–Crippen LogP) is 2.77. The van der Waals surface area contributed by atoms with Crippen LogP contribution in [-0.4, -0.2) is 15.7 Å². The molecule has 1 aromatic carbocycles. The summed E-state index contributed by atoms with van der Waals surface area (Å²) < 4.78 is 39.0. The molecule has 2 aromatic rings. The Balaban J connectivity index is 2.22. The predicted molar refractivity (Wildman–Crippen MR) is 78.0 cm³/mol. The smallest absolute Gasteiger partial charge is 0.324 e. The number of nitrogens with zero attached hydrogens (tertiary/aromatic N) is 2. The number of amides is 1. The van der Waals surface area contributed by atoms with E-state index in [4.69, 9.17) is 0 Å². The maximum absolute atomic E-state index is 12.7. The molecular weight excluding hydrogens is 311 g/mol. The molecule has 2 rings (SSSR count). The summed E-state index contributed by atoms with van der Waals surface area (Å²) in [6.07, 6.45) is -4.50. The van der Waals surface area contributed by atoms with Gasteiger partial charge in [-0.2, -0.15) is 18.3 Å². The fourth-order valence-corrected chi connectivity index (χ4v) is 1.93. The van der Waals surface area contributed by atoms with Gasteiger partial charge in [-0.1, -0.05) is 6.07 Å².